The van der Waals surface area contributed by atoms with E-state index in [9.17, 15) is 40.3 Å². The molecule has 0 atom stereocenters. The van der Waals surface area contributed by atoms with Gasteiger partial charge >= 0.3 is 18.3 Å². The van der Waals surface area contributed by atoms with Crippen molar-refractivity contribution >= 4 is 43.5 Å². The summed E-state index contributed by atoms with van der Waals surface area (Å²) in [7, 11) is 6.02. The third-order valence-corrected chi connectivity index (χ3v) is 7.75. The molecule has 290 valence electrons. The maximum Gasteiger partial charge on any atom is 0.417 e. The van der Waals surface area contributed by atoms with E-state index in [1.807, 2.05) is 27.7 Å². The number of hydrogen-bond acceptors (Lipinski definition) is 5. The first-order valence-electron chi connectivity index (χ1n) is 16.1. The van der Waals surface area contributed by atoms with E-state index in [4.69, 9.17) is 36.7 Å². The first-order chi connectivity index (χ1) is 25.0. The molecule has 0 aliphatic carbocycles. The second-order valence-corrected chi connectivity index (χ2v) is 12.0. The zero-order valence-electron chi connectivity index (χ0n) is 31.5. The molecule has 0 unspecified atom stereocenters. The van der Waals surface area contributed by atoms with Crippen LogP contribution in [-0.2, 0) is 39.5 Å². The summed E-state index contributed by atoms with van der Waals surface area (Å²) in [6, 6.07) is 10.6. The molecule has 0 saturated heterocycles. The minimum atomic E-state index is -4.54. The van der Waals surface area contributed by atoms with Crippen LogP contribution in [0.1, 0.15) is 95.5 Å². The van der Waals surface area contributed by atoms with Crippen molar-refractivity contribution in [3.05, 3.63) is 104 Å². The molecule has 2 aromatic heterocycles. The van der Waals surface area contributed by atoms with Crippen LogP contribution in [0.15, 0.2) is 48.5 Å². The summed E-state index contributed by atoms with van der Waals surface area (Å²) in [5.41, 5.74) is 6.11. The Bertz CT molecular complexity index is 1800. The minimum absolute atomic E-state index is 0. The first-order valence-corrected chi connectivity index (χ1v) is 15.6. The van der Waals surface area contributed by atoms with Crippen molar-refractivity contribution in [2.75, 3.05) is 7.15 Å². The fourth-order valence-corrected chi connectivity index (χ4v) is 4.72. The van der Waals surface area contributed by atoms with E-state index in [0.29, 0.717) is 11.3 Å². The SMILES string of the molecule is CC(C)c1cc(C(=O)NCc2cccc(C(F)(F)F)c2Cl)n(C)n1.CC(C)c1cc(C(=O)O)n(C)n1.NCc1cccc(C(F)(F)F)c1Cl.[2H]CF.[3H][B].[U]. The maximum absolute atomic E-state index is 12.8. The average molecular weight is 1020 g/mol. The predicted octanol–water partition coefficient (Wildman–Crippen LogP) is 8.14. The normalized spacial score (nSPS) is 11.1. The van der Waals surface area contributed by atoms with Gasteiger partial charge in [-0.25, -0.2) is 4.79 Å². The molecule has 53 heavy (non-hydrogen) atoms. The number of carboxylic acids is 1. The van der Waals surface area contributed by atoms with Crippen molar-refractivity contribution in [3.63, 3.8) is 0 Å². The van der Waals surface area contributed by atoms with Gasteiger partial charge in [-0.15, -0.1) is 0 Å². The Hall–Kier alpha value is -3.03. The van der Waals surface area contributed by atoms with Gasteiger partial charge in [0.25, 0.3) is 5.91 Å². The fraction of sp³-hybridized carbons (Fsp3) is 0.394. The topological polar surface area (TPSA) is 128 Å². The molecule has 0 spiro atoms. The number of aromatic nitrogens is 4. The summed E-state index contributed by atoms with van der Waals surface area (Å²) in [5, 5.41) is 18.9. The number of carboxylic acid groups (broad SMARTS) is 1. The maximum atomic E-state index is 12.8. The minimum Gasteiger partial charge on any atom is -0.477 e. The quantitative estimate of drug-likeness (QED) is 0.127. The van der Waals surface area contributed by atoms with Crippen LogP contribution < -0.4 is 11.1 Å². The molecule has 2 radical (unpaired) electrons. The molecular formula is C33H40BCl2F7N6O3U. The van der Waals surface area contributed by atoms with Crippen LogP contribution in [0.2, 0.25) is 10.0 Å². The standard InChI is InChI=1S/C16H17ClF3N3O.C8H7ClF3N.C8H12N2O2.CH3F.BH.U/c1-9(2)12-7-13(23(3)22-12)15(24)21-8-10-5-4-6-11(14(10)17)16(18,19)20;9-7-5(4-13)2-1-3-6(7)8(10,11)12;1-5(2)6-4-7(8(11)12)10(3)9-6;1-2;;/h4-7,9H,8H2,1-3H3,(H,21,24);1-3H,4,13H2;4-5H,1-3H3,(H,11,12);1H3;1H;/i;;;1D;1T;. The van der Waals surface area contributed by atoms with E-state index in [2.05, 4.69) is 23.9 Å². The zero-order valence-corrected chi connectivity index (χ0v) is 35.2. The van der Waals surface area contributed by atoms with Gasteiger partial charge in [-0.05, 0) is 48.6 Å². The number of hydrogen-bond donors (Lipinski definition) is 3. The number of carbonyl (C=O) groups excluding carboxylic acids is 1. The van der Waals surface area contributed by atoms with Gasteiger partial charge in [0.15, 0.2) is 0 Å². The van der Waals surface area contributed by atoms with E-state index < -0.39 is 47.5 Å². The molecule has 2 heterocycles. The zero-order chi connectivity index (χ0) is 42.1. The Morgan fingerprint density at radius 1 is 0.887 bits per heavy atom. The summed E-state index contributed by atoms with van der Waals surface area (Å²) in [4.78, 5) is 22.8. The van der Waals surface area contributed by atoms with Gasteiger partial charge in [-0.1, -0.05) is 75.2 Å². The van der Waals surface area contributed by atoms with Gasteiger partial charge in [0.2, 0.25) is 0 Å². The number of amides is 1. The van der Waals surface area contributed by atoms with Gasteiger partial charge in [0, 0.05) is 66.7 Å². The summed E-state index contributed by atoms with van der Waals surface area (Å²) in [6.45, 7) is 7.76. The van der Waals surface area contributed by atoms with Crippen LogP contribution in [-0.4, -0.2) is 53.4 Å². The molecule has 0 saturated carbocycles. The molecule has 4 aromatic rings. The number of nitrogens with two attached hydrogens (primary N) is 1. The average Bonchev–Trinajstić information content (AvgIpc) is 3.68. The molecule has 0 aliphatic heterocycles. The molecule has 4 rings (SSSR count). The summed E-state index contributed by atoms with van der Waals surface area (Å²) >= 11 is 11.3. The van der Waals surface area contributed by atoms with E-state index in [0.717, 1.165) is 23.5 Å². The fourth-order valence-electron chi connectivity index (χ4n) is 4.11. The van der Waals surface area contributed by atoms with Crippen molar-refractivity contribution < 1.29 is 77.9 Å². The van der Waals surface area contributed by atoms with Crippen LogP contribution >= 0.6 is 23.2 Å². The third-order valence-electron chi connectivity index (χ3n) is 6.86. The Labute approximate surface area is 341 Å². The number of benzene rings is 2. The molecule has 4 N–H and O–H groups in total. The van der Waals surface area contributed by atoms with Gasteiger partial charge in [-0.2, -0.15) is 36.5 Å². The smallest absolute Gasteiger partial charge is 0.417 e. The molecule has 1 amide bonds. The molecule has 9 nitrogen and oxygen atoms in total. The summed E-state index contributed by atoms with van der Waals surface area (Å²) in [5.74, 6) is -0.928. The van der Waals surface area contributed by atoms with Crippen LogP contribution in [0, 0.1) is 31.1 Å². The monoisotopic (exact) mass is 1020 g/mol. The van der Waals surface area contributed by atoms with E-state index >= 15 is 0 Å². The number of nitrogens with zero attached hydrogens (tertiary/aromatic N) is 4. The van der Waals surface area contributed by atoms with Crippen molar-refractivity contribution in [3.8, 4) is 0 Å². The Morgan fingerprint density at radius 3 is 1.60 bits per heavy atom. The number of rotatable bonds is 7. The first kappa shape index (κ1) is 48.0. The predicted molar refractivity (Wildman–Crippen MR) is 188 cm³/mol. The van der Waals surface area contributed by atoms with Gasteiger partial charge in [0.05, 0.1) is 41.1 Å². The molecule has 0 bridgehead atoms. The number of aryl methyl sites for hydroxylation is 2. The number of halogens is 9. The summed E-state index contributed by atoms with van der Waals surface area (Å²) < 4.78 is 98.8. The second kappa shape index (κ2) is 23.0. The van der Waals surface area contributed by atoms with Gasteiger partial charge in [0.1, 0.15) is 11.4 Å². The Morgan fingerprint density at radius 2 is 1.26 bits per heavy atom. The largest absolute Gasteiger partial charge is 0.477 e. The number of aromatic carboxylic acids is 1. The van der Waals surface area contributed by atoms with Gasteiger partial charge < -0.3 is 16.2 Å². The molecule has 0 aliphatic rings. The van der Waals surface area contributed by atoms with Crippen molar-refractivity contribution in [1.29, 1.82) is 1.34 Å². The number of nitrogens with one attached hydrogen (secondary N) is 1. The molecule has 0 fully saturated rings. The molecular weight excluding hydrogens is 981 g/mol. The van der Waals surface area contributed by atoms with Crippen LogP contribution in [0.25, 0.3) is 0 Å². The van der Waals surface area contributed by atoms with Crippen LogP contribution in [0.3, 0.4) is 0 Å². The second-order valence-electron chi connectivity index (χ2n) is 11.2. The van der Waals surface area contributed by atoms with Crippen molar-refractivity contribution in [2.24, 2.45) is 19.8 Å². The van der Waals surface area contributed by atoms with Gasteiger partial charge in [-0.3, -0.25) is 18.5 Å². The number of alkyl halides is 7. The number of carbonyl (C=O) groups is 2. The molecule has 20 heteroatoms. The Kier molecular flexibility index (Phi) is 20.8. The van der Waals surface area contributed by atoms with Crippen molar-refractivity contribution in [1.82, 2.24) is 24.9 Å². The van der Waals surface area contributed by atoms with E-state index in [1.54, 1.807) is 26.2 Å². The third kappa shape index (κ3) is 15.3. The van der Waals surface area contributed by atoms with Crippen LogP contribution in [0.5, 0.6) is 0 Å². The molecule has 2 aromatic carbocycles. The van der Waals surface area contributed by atoms with Crippen LogP contribution in [0.4, 0.5) is 30.7 Å². The van der Waals surface area contributed by atoms with Crippen molar-refractivity contribution in [2.45, 2.75) is 65.0 Å². The summed E-state index contributed by atoms with van der Waals surface area (Å²) in [6.07, 6.45) is -8.95. The van der Waals surface area contributed by atoms with E-state index in [1.165, 1.54) is 33.6 Å². The Balaban J connectivity index is 0. The van der Waals surface area contributed by atoms with E-state index in [-0.39, 0.29) is 72.3 Å².